The van der Waals surface area contributed by atoms with Gasteiger partial charge in [0.25, 0.3) is 0 Å². The molecule has 1 aromatic rings. The van der Waals surface area contributed by atoms with Crippen molar-refractivity contribution >= 4 is 27.6 Å². The summed E-state index contributed by atoms with van der Waals surface area (Å²) in [6.45, 7) is 4.80. The zero-order valence-corrected chi connectivity index (χ0v) is 17.4. The van der Waals surface area contributed by atoms with Crippen LogP contribution in [0.5, 0.6) is 0 Å². The Morgan fingerprint density at radius 2 is 1.57 bits per heavy atom. The maximum atomic E-state index is 12.8. The third kappa shape index (κ3) is 5.32. The fraction of sp³-hybridized carbons (Fsp3) is 0.600. The molecule has 1 amide bonds. The van der Waals surface area contributed by atoms with Crippen molar-refractivity contribution in [3.63, 3.8) is 0 Å². The van der Waals surface area contributed by atoms with Crippen LogP contribution in [0.4, 0.5) is 5.69 Å². The van der Waals surface area contributed by atoms with E-state index in [1.54, 1.807) is 12.1 Å². The molecule has 1 aliphatic rings. The fourth-order valence-corrected chi connectivity index (χ4v) is 5.31. The van der Waals surface area contributed by atoms with Crippen molar-refractivity contribution in [2.45, 2.75) is 57.3 Å². The minimum atomic E-state index is -3.57. The van der Waals surface area contributed by atoms with Crippen molar-refractivity contribution < 1.29 is 23.1 Å². The molecule has 156 valence electrons. The van der Waals surface area contributed by atoms with Gasteiger partial charge in [-0.25, -0.2) is 8.42 Å². The molecule has 1 aliphatic carbocycles. The molecule has 0 saturated heterocycles. The number of rotatable bonds is 9. The number of carboxylic acid groups (broad SMARTS) is 1. The van der Waals surface area contributed by atoms with Gasteiger partial charge in [-0.2, -0.15) is 4.31 Å². The first-order valence-electron chi connectivity index (χ1n) is 9.95. The number of anilines is 1. The maximum Gasteiger partial charge on any atom is 0.307 e. The molecule has 0 radical (unpaired) electrons. The topological polar surface area (TPSA) is 104 Å². The first-order valence-corrected chi connectivity index (χ1v) is 11.4. The lowest BCUT2D eigenvalue weighted by molar-refractivity contribution is -0.147. The monoisotopic (exact) mass is 410 g/mol. The van der Waals surface area contributed by atoms with E-state index < -0.39 is 27.8 Å². The molecule has 0 aliphatic heterocycles. The lowest BCUT2D eigenvalue weighted by atomic mass is 9.78. The molecule has 28 heavy (non-hydrogen) atoms. The number of amides is 1. The van der Waals surface area contributed by atoms with Gasteiger partial charge < -0.3 is 10.4 Å². The number of carboxylic acids is 1. The Morgan fingerprint density at radius 1 is 1.04 bits per heavy atom. The van der Waals surface area contributed by atoms with Gasteiger partial charge >= 0.3 is 5.97 Å². The highest BCUT2D eigenvalue weighted by molar-refractivity contribution is 7.89. The van der Waals surface area contributed by atoms with Gasteiger partial charge in [-0.3, -0.25) is 9.59 Å². The summed E-state index contributed by atoms with van der Waals surface area (Å²) in [6, 6.07) is 6.08. The predicted molar refractivity (Wildman–Crippen MR) is 107 cm³/mol. The van der Waals surface area contributed by atoms with Crippen LogP contribution < -0.4 is 5.32 Å². The van der Waals surface area contributed by atoms with E-state index in [2.05, 4.69) is 5.32 Å². The van der Waals surface area contributed by atoms with Crippen molar-refractivity contribution in [2.75, 3.05) is 18.4 Å². The fourth-order valence-electron chi connectivity index (χ4n) is 3.69. The van der Waals surface area contributed by atoms with Crippen molar-refractivity contribution in [3.05, 3.63) is 24.3 Å². The van der Waals surface area contributed by atoms with E-state index in [-0.39, 0.29) is 10.8 Å². The van der Waals surface area contributed by atoms with E-state index in [0.29, 0.717) is 31.6 Å². The number of hydrogen-bond donors (Lipinski definition) is 2. The van der Waals surface area contributed by atoms with Crippen molar-refractivity contribution in [2.24, 2.45) is 11.8 Å². The van der Waals surface area contributed by atoms with E-state index in [0.717, 1.165) is 25.7 Å². The number of carbonyl (C=O) groups is 2. The Bertz CT molecular complexity index is 770. The quantitative estimate of drug-likeness (QED) is 0.650. The summed E-state index contributed by atoms with van der Waals surface area (Å²) >= 11 is 0. The molecule has 2 atom stereocenters. The van der Waals surface area contributed by atoms with Gasteiger partial charge in [-0.15, -0.1) is 0 Å². The summed E-state index contributed by atoms with van der Waals surface area (Å²) < 4.78 is 27.0. The standard InChI is InChI=1S/C20H30N2O5S/c1-3-13-22(14-4-2)28(26,27)16-11-9-15(10-12-16)21-19(23)17-7-5-6-8-18(17)20(24)25/h9-12,17-18H,3-8,13-14H2,1-2H3,(H,21,23)(H,24,25). The second-order valence-corrected chi connectivity index (χ2v) is 9.19. The minimum Gasteiger partial charge on any atom is -0.481 e. The molecular formula is C20H30N2O5S. The van der Waals surface area contributed by atoms with Crippen LogP contribution >= 0.6 is 0 Å². The number of nitrogens with zero attached hydrogens (tertiary/aromatic N) is 1. The first-order chi connectivity index (χ1) is 13.3. The molecule has 0 heterocycles. The SMILES string of the molecule is CCCN(CCC)S(=O)(=O)c1ccc(NC(=O)C2CCCCC2C(=O)O)cc1. The van der Waals surface area contributed by atoms with Gasteiger partial charge in [0.05, 0.1) is 16.7 Å². The molecule has 1 fully saturated rings. The van der Waals surface area contributed by atoms with Gasteiger partial charge in [0.2, 0.25) is 15.9 Å². The molecule has 2 unspecified atom stereocenters. The van der Waals surface area contributed by atoms with Crippen LogP contribution in [0, 0.1) is 11.8 Å². The Balaban J connectivity index is 2.11. The zero-order valence-electron chi connectivity index (χ0n) is 16.6. The number of carbonyl (C=O) groups excluding carboxylic acids is 1. The lowest BCUT2D eigenvalue weighted by Crippen LogP contribution is -2.36. The largest absolute Gasteiger partial charge is 0.481 e. The highest BCUT2D eigenvalue weighted by Gasteiger charge is 2.35. The first kappa shape index (κ1) is 22.4. The van der Waals surface area contributed by atoms with Gasteiger partial charge in [0.15, 0.2) is 0 Å². The molecule has 0 aromatic heterocycles. The van der Waals surface area contributed by atoms with Crippen LogP contribution in [0.25, 0.3) is 0 Å². The minimum absolute atomic E-state index is 0.188. The van der Waals surface area contributed by atoms with Crippen LogP contribution in [-0.4, -0.2) is 42.8 Å². The van der Waals surface area contributed by atoms with E-state index in [1.165, 1.54) is 16.4 Å². The van der Waals surface area contributed by atoms with Crippen LogP contribution in [-0.2, 0) is 19.6 Å². The Labute approximate surface area is 167 Å². The van der Waals surface area contributed by atoms with E-state index in [1.807, 2.05) is 13.8 Å². The lowest BCUT2D eigenvalue weighted by Gasteiger charge is -2.27. The Kier molecular flexibility index (Phi) is 8.00. The molecule has 2 N–H and O–H groups in total. The van der Waals surface area contributed by atoms with Crippen LogP contribution in [0.3, 0.4) is 0 Å². The second-order valence-electron chi connectivity index (χ2n) is 7.25. The van der Waals surface area contributed by atoms with Gasteiger partial charge in [-0.1, -0.05) is 26.7 Å². The van der Waals surface area contributed by atoms with E-state index in [9.17, 15) is 23.1 Å². The predicted octanol–water partition coefficient (Wildman–Crippen LogP) is 3.33. The Hall–Kier alpha value is -1.93. The smallest absolute Gasteiger partial charge is 0.307 e. The summed E-state index contributed by atoms with van der Waals surface area (Å²) in [5.74, 6) is -2.47. The Morgan fingerprint density at radius 3 is 2.07 bits per heavy atom. The molecule has 1 saturated carbocycles. The highest BCUT2D eigenvalue weighted by Crippen LogP contribution is 2.31. The maximum absolute atomic E-state index is 12.8. The third-order valence-electron chi connectivity index (χ3n) is 5.13. The number of hydrogen-bond acceptors (Lipinski definition) is 4. The summed E-state index contributed by atoms with van der Waals surface area (Å²) in [5.41, 5.74) is 0.469. The number of sulfonamides is 1. The zero-order chi connectivity index (χ0) is 20.7. The summed E-state index contributed by atoms with van der Waals surface area (Å²) in [5, 5.41) is 12.1. The normalized spacial score (nSPS) is 20.1. The van der Waals surface area contributed by atoms with Crippen molar-refractivity contribution in [1.29, 1.82) is 0 Å². The van der Waals surface area contributed by atoms with Gasteiger partial charge in [0.1, 0.15) is 0 Å². The molecule has 2 rings (SSSR count). The molecule has 0 bridgehead atoms. The average molecular weight is 411 g/mol. The number of aliphatic carboxylic acids is 1. The molecule has 0 spiro atoms. The molecular weight excluding hydrogens is 380 g/mol. The third-order valence-corrected chi connectivity index (χ3v) is 7.04. The van der Waals surface area contributed by atoms with Crippen LogP contribution in [0.2, 0.25) is 0 Å². The molecule has 1 aromatic carbocycles. The summed E-state index contributed by atoms with van der Waals surface area (Å²) in [7, 11) is -3.57. The van der Waals surface area contributed by atoms with Gasteiger partial charge in [0, 0.05) is 18.8 Å². The van der Waals surface area contributed by atoms with Crippen LogP contribution in [0.15, 0.2) is 29.2 Å². The second kappa shape index (κ2) is 10.0. The summed E-state index contributed by atoms with van der Waals surface area (Å²) in [6.07, 6.45) is 4.19. The van der Waals surface area contributed by atoms with Gasteiger partial charge in [-0.05, 0) is 49.9 Å². The number of benzene rings is 1. The van der Waals surface area contributed by atoms with E-state index >= 15 is 0 Å². The average Bonchev–Trinajstić information content (AvgIpc) is 2.68. The van der Waals surface area contributed by atoms with Crippen molar-refractivity contribution in [3.8, 4) is 0 Å². The van der Waals surface area contributed by atoms with Crippen molar-refractivity contribution in [1.82, 2.24) is 4.31 Å². The highest BCUT2D eigenvalue weighted by atomic mass is 32.2. The van der Waals surface area contributed by atoms with Crippen LogP contribution in [0.1, 0.15) is 52.4 Å². The summed E-state index contributed by atoms with van der Waals surface area (Å²) in [4.78, 5) is 24.1. The van der Waals surface area contributed by atoms with E-state index in [4.69, 9.17) is 0 Å². The molecule has 7 nitrogen and oxygen atoms in total. The number of nitrogens with one attached hydrogen (secondary N) is 1. The molecule has 8 heteroatoms.